The van der Waals surface area contributed by atoms with Gasteiger partial charge >= 0.3 is 0 Å². The van der Waals surface area contributed by atoms with Crippen molar-refractivity contribution in [2.24, 2.45) is 0 Å². The van der Waals surface area contributed by atoms with Crippen molar-refractivity contribution in [3.8, 4) is 5.69 Å². The lowest BCUT2D eigenvalue weighted by Gasteiger charge is -2.10. The molecule has 162 valence electrons. The monoisotopic (exact) mass is 481 g/mol. The average molecular weight is 482 g/mol. The van der Waals surface area contributed by atoms with Crippen LogP contribution in [0.4, 0.5) is 0 Å². The van der Waals surface area contributed by atoms with Crippen molar-refractivity contribution < 1.29 is 4.79 Å². The molecular formula is C23H20ClN5OS2. The van der Waals surface area contributed by atoms with E-state index in [1.165, 1.54) is 11.3 Å². The number of carbonyl (C=O) groups is 1. The Morgan fingerprint density at radius 2 is 2.00 bits per heavy atom. The summed E-state index contributed by atoms with van der Waals surface area (Å²) in [5.74, 6) is 1.35. The Labute approximate surface area is 199 Å². The molecule has 1 N–H and O–H groups in total. The molecule has 1 fully saturated rings. The van der Waals surface area contributed by atoms with Gasteiger partial charge in [-0.1, -0.05) is 59.8 Å². The van der Waals surface area contributed by atoms with Crippen LogP contribution in [0.5, 0.6) is 0 Å². The molecule has 6 nitrogen and oxygen atoms in total. The first kappa shape index (κ1) is 21.2. The number of hydrogen-bond acceptors (Lipinski definition) is 6. The maximum atomic E-state index is 12.2. The van der Waals surface area contributed by atoms with Crippen LogP contribution in [-0.2, 0) is 12.2 Å². The van der Waals surface area contributed by atoms with Gasteiger partial charge in [-0.3, -0.25) is 9.36 Å². The number of aromatic nitrogens is 4. The van der Waals surface area contributed by atoms with Crippen molar-refractivity contribution in [1.29, 1.82) is 0 Å². The van der Waals surface area contributed by atoms with Crippen LogP contribution in [0.3, 0.4) is 0 Å². The SMILES string of the molecule is O=C(NC1CC1)c1csc(CSc2nnc(Cc3ccccc3)n2-c2cccc(Cl)c2)n1. The molecule has 1 amide bonds. The molecule has 0 aliphatic heterocycles. The Hall–Kier alpha value is -2.68. The Morgan fingerprint density at radius 3 is 2.78 bits per heavy atom. The van der Waals surface area contributed by atoms with Crippen LogP contribution in [0.25, 0.3) is 5.69 Å². The van der Waals surface area contributed by atoms with Gasteiger partial charge < -0.3 is 5.32 Å². The quantitative estimate of drug-likeness (QED) is 0.352. The summed E-state index contributed by atoms with van der Waals surface area (Å²) in [4.78, 5) is 16.7. The molecular weight excluding hydrogens is 462 g/mol. The standard InChI is InChI=1S/C23H20ClN5OS2/c24-16-7-4-8-18(12-16)29-20(11-15-5-2-1-3-6-15)27-28-23(29)32-14-21-26-19(13-31-21)22(30)25-17-9-10-17/h1-8,12-13,17H,9-11,14H2,(H,25,30). The molecule has 0 unspecified atom stereocenters. The molecule has 2 aromatic carbocycles. The molecule has 0 atom stereocenters. The summed E-state index contributed by atoms with van der Waals surface area (Å²) in [5.41, 5.74) is 2.56. The van der Waals surface area contributed by atoms with Gasteiger partial charge in [0.05, 0.1) is 11.4 Å². The molecule has 0 spiro atoms. The van der Waals surface area contributed by atoms with Crippen LogP contribution in [0.2, 0.25) is 5.02 Å². The fourth-order valence-electron chi connectivity index (χ4n) is 3.26. The molecule has 2 heterocycles. The first-order valence-corrected chi connectivity index (χ1v) is 12.5. The number of thioether (sulfide) groups is 1. The van der Waals surface area contributed by atoms with Crippen molar-refractivity contribution >= 4 is 40.6 Å². The number of nitrogens with zero attached hydrogens (tertiary/aromatic N) is 4. The van der Waals surface area contributed by atoms with Crippen molar-refractivity contribution in [3.05, 3.63) is 87.1 Å². The summed E-state index contributed by atoms with van der Waals surface area (Å²) in [7, 11) is 0. The smallest absolute Gasteiger partial charge is 0.270 e. The van der Waals surface area contributed by atoms with Gasteiger partial charge in [0.15, 0.2) is 5.16 Å². The lowest BCUT2D eigenvalue weighted by Crippen LogP contribution is -2.25. The Balaban J connectivity index is 1.37. The average Bonchev–Trinajstić information content (AvgIpc) is 3.32. The zero-order chi connectivity index (χ0) is 21.9. The molecule has 1 saturated carbocycles. The van der Waals surface area contributed by atoms with E-state index in [4.69, 9.17) is 11.6 Å². The first-order chi connectivity index (χ1) is 15.7. The summed E-state index contributed by atoms with van der Waals surface area (Å²) < 4.78 is 2.04. The van der Waals surface area contributed by atoms with E-state index in [1.54, 1.807) is 11.8 Å². The second-order valence-electron chi connectivity index (χ2n) is 7.54. The van der Waals surface area contributed by atoms with Gasteiger partial charge in [0, 0.05) is 22.9 Å². The highest BCUT2D eigenvalue weighted by Crippen LogP contribution is 2.28. The lowest BCUT2D eigenvalue weighted by atomic mass is 10.1. The van der Waals surface area contributed by atoms with Gasteiger partial charge in [-0.2, -0.15) is 0 Å². The molecule has 9 heteroatoms. The Kier molecular flexibility index (Phi) is 6.25. The van der Waals surface area contributed by atoms with E-state index in [0.717, 1.165) is 40.1 Å². The van der Waals surface area contributed by atoms with Crippen molar-refractivity contribution in [3.63, 3.8) is 0 Å². The van der Waals surface area contributed by atoms with E-state index in [-0.39, 0.29) is 5.91 Å². The van der Waals surface area contributed by atoms with Gasteiger partial charge in [0.1, 0.15) is 16.5 Å². The highest BCUT2D eigenvalue weighted by Gasteiger charge is 2.25. The van der Waals surface area contributed by atoms with Crippen LogP contribution in [0.15, 0.2) is 65.1 Å². The van der Waals surface area contributed by atoms with E-state index >= 15 is 0 Å². The third-order valence-electron chi connectivity index (χ3n) is 4.99. The minimum absolute atomic E-state index is 0.0905. The van der Waals surface area contributed by atoms with Gasteiger partial charge in [-0.15, -0.1) is 21.5 Å². The van der Waals surface area contributed by atoms with E-state index in [1.807, 2.05) is 52.4 Å². The highest BCUT2D eigenvalue weighted by atomic mass is 35.5. The van der Waals surface area contributed by atoms with Crippen LogP contribution in [0, 0.1) is 0 Å². The number of benzene rings is 2. The summed E-state index contributed by atoms with van der Waals surface area (Å²) >= 11 is 9.30. The molecule has 32 heavy (non-hydrogen) atoms. The minimum atomic E-state index is -0.0905. The van der Waals surface area contributed by atoms with E-state index in [0.29, 0.717) is 28.9 Å². The summed E-state index contributed by atoms with van der Waals surface area (Å²) in [5, 5.41) is 16.0. The predicted molar refractivity (Wildman–Crippen MR) is 128 cm³/mol. The maximum absolute atomic E-state index is 12.2. The first-order valence-electron chi connectivity index (χ1n) is 10.3. The predicted octanol–water partition coefficient (Wildman–Crippen LogP) is 5.15. The van der Waals surface area contributed by atoms with Crippen LogP contribution in [-0.4, -0.2) is 31.7 Å². The fraction of sp³-hybridized carbons (Fsp3) is 0.217. The molecule has 2 aromatic heterocycles. The normalized spacial score (nSPS) is 13.3. The molecule has 4 aromatic rings. The number of thiazole rings is 1. The fourth-order valence-corrected chi connectivity index (χ4v) is 5.20. The highest BCUT2D eigenvalue weighted by molar-refractivity contribution is 7.98. The molecule has 1 aliphatic rings. The molecule has 1 aliphatic carbocycles. The second-order valence-corrected chi connectivity index (χ2v) is 9.86. The summed E-state index contributed by atoms with van der Waals surface area (Å²) in [6.45, 7) is 0. The Bertz CT molecular complexity index is 1240. The van der Waals surface area contributed by atoms with Crippen LogP contribution < -0.4 is 5.32 Å². The van der Waals surface area contributed by atoms with E-state index in [2.05, 4.69) is 32.6 Å². The number of hydrogen-bond donors (Lipinski definition) is 1. The summed E-state index contributed by atoms with van der Waals surface area (Å²) in [6.07, 6.45) is 2.77. The van der Waals surface area contributed by atoms with E-state index < -0.39 is 0 Å². The molecule has 0 bridgehead atoms. The number of nitrogens with one attached hydrogen (secondary N) is 1. The number of halogens is 1. The second kappa shape index (κ2) is 9.44. The third kappa shape index (κ3) is 5.03. The number of carbonyl (C=O) groups excluding carboxylic acids is 1. The molecule has 0 saturated heterocycles. The number of rotatable bonds is 8. The third-order valence-corrected chi connectivity index (χ3v) is 7.20. The van der Waals surface area contributed by atoms with Gasteiger partial charge in [-0.25, -0.2) is 4.98 Å². The largest absolute Gasteiger partial charge is 0.348 e. The summed E-state index contributed by atoms with van der Waals surface area (Å²) in [6, 6.07) is 18.2. The van der Waals surface area contributed by atoms with E-state index in [9.17, 15) is 4.79 Å². The topological polar surface area (TPSA) is 72.7 Å². The van der Waals surface area contributed by atoms with Crippen molar-refractivity contribution in [2.75, 3.05) is 0 Å². The Morgan fingerprint density at radius 1 is 1.16 bits per heavy atom. The van der Waals surface area contributed by atoms with Crippen LogP contribution in [0.1, 0.15) is 39.7 Å². The van der Waals surface area contributed by atoms with Crippen molar-refractivity contribution in [2.45, 2.75) is 36.2 Å². The van der Waals surface area contributed by atoms with Crippen molar-refractivity contribution in [1.82, 2.24) is 25.1 Å². The molecule has 5 rings (SSSR count). The zero-order valence-electron chi connectivity index (χ0n) is 17.1. The van der Waals surface area contributed by atoms with Crippen LogP contribution >= 0.6 is 34.7 Å². The minimum Gasteiger partial charge on any atom is -0.348 e. The lowest BCUT2D eigenvalue weighted by molar-refractivity contribution is 0.0946. The number of amides is 1. The zero-order valence-corrected chi connectivity index (χ0v) is 19.5. The van der Waals surface area contributed by atoms with Gasteiger partial charge in [0.25, 0.3) is 5.91 Å². The maximum Gasteiger partial charge on any atom is 0.270 e. The van der Waals surface area contributed by atoms with Gasteiger partial charge in [-0.05, 0) is 36.6 Å². The molecule has 0 radical (unpaired) electrons. The van der Waals surface area contributed by atoms with Gasteiger partial charge in [0.2, 0.25) is 0 Å².